The molecule has 0 saturated carbocycles. The van der Waals surface area contributed by atoms with Gasteiger partial charge >= 0.3 is 10.4 Å². The van der Waals surface area contributed by atoms with Gasteiger partial charge in [-0.25, -0.2) is 12.6 Å². The molecule has 0 amide bonds. The van der Waals surface area contributed by atoms with E-state index in [1.807, 2.05) is 0 Å². The molecular formula is C29H24N4O14S4. The molecule has 268 valence electrons. The third-order valence-corrected chi connectivity index (χ3v) is 11.0. The summed E-state index contributed by atoms with van der Waals surface area (Å²) in [6.07, 6.45) is 0. The second-order valence-electron chi connectivity index (χ2n) is 10.4. The molecule has 0 bridgehead atoms. The molecule has 22 heteroatoms. The number of phenolic OH excluding ortho intramolecular Hbond substituents is 1. The predicted octanol–water partition coefficient (Wildman–Crippen LogP) is 5.62. The zero-order chi connectivity index (χ0) is 37.4. The Morgan fingerprint density at radius 3 is 1.78 bits per heavy atom. The summed E-state index contributed by atoms with van der Waals surface area (Å²) in [4.78, 5) is -1.41. The first-order valence-electron chi connectivity index (χ1n) is 13.9. The number of ether oxygens (including phenoxy) is 1. The number of aromatic hydroxyl groups is 1. The summed E-state index contributed by atoms with van der Waals surface area (Å²) in [5, 5.41) is 27.4. The summed E-state index contributed by atoms with van der Waals surface area (Å²) in [6, 6.07) is 16.2. The Balaban J connectivity index is 1.59. The van der Waals surface area contributed by atoms with Crippen LogP contribution in [0.1, 0.15) is 0 Å². The van der Waals surface area contributed by atoms with E-state index >= 15 is 0 Å². The maximum atomic E-state index is 12.8. The van der Waals surface area contributed by atoms with E-state index < -0.39 is 68.4 Å². The van der Waals surface area contributed by atoms with Crippen molar-refractivity contribution in [2.45, 2.75) is 14.7 Å². The van der Waals surface area contributed by atoms with Gasteiger partial charge in [-0.2, -0.15) is 25.3 Å². The standard InChI is InChI=1S/C29H24N4O14S4/c1-46-27-11-7-17(48(35,36)13-12-47-51(43,44)45)15-25(27)32-30-23-9-10-24(22-14-18(49(37,38)39)6-8-19(22)23)31-33-26-16-28(50(40,41)42)20-4-2-3-5-21(20)29(26)34/h2-11,14-16,34H,12-13H2,1H3,(H,37,38,39)(H,40,41,42)(H,43,44,45). The maximum Gasteiger partial charge on any atom is 0.397 e. The van der Waals surface area contributed by atoms with Crippen molar-refractivity contribution in [2.24, 2.45) is 20.5 Å². The fourth-order valence-corrected chi connectivity index (χ4v) is 7.48. The summed E-state index contributed by atoms with van der Waals surface area (Å²) < 4.78 is 133. The highest BCUT2D eigenvalue weighted by Crippen LogP contribution is 2.42. The van der Waals surface area contributed by atoms with E-state index in [-0.39, 0.29) is 54.9 Å². The lowest BCUT2D eigenvalue weighted by atomic mass is 10.1. The molecule has 5 rings (SSSR count). The van der Waals surface area contributed by atoms with Crippen LogP contribution in [0.15, 0.2) is 114 Å². The Kier molecular flexibility index (Phi) is 10.2. The van der Waals surface area contributed by atoms with Gasteiger partial charge in [0.2, 0.25) is 0 Å². The largest absolute Gasteiger partial charge is 0.505 e. The van der Waals surface area contributed by atoms with E-state index in [0.29, 0.717) is 0 Å². The number of nitrogens with zero attached hydrogens (tertiary/aromatic N) is 4. The molecule has 0 radical (unpaired) electrons. The van der Waals surface area contributed by atoms with E-state index in [0.717, 1.165) is 24.3 Å². The van der Waals surface area contributed by atoms with Crippen LogP contribution in [0.3, 0.4) is 0 Å². The van der Waals surface area contributed by atoms with Gasteiger partial charge in [0.15, 0.2) is 15.6 Å². The van der Waals surface area contributed by atoms with E-state index in [9.17, 15) is 47.9 Å². The highest BCUT2D eigenvalue weighted by atomic mass is 32.3. The molecule has 18 nitrogen and oxygen atoms in total. The highest BCUT2D eigenvalue weighted by Gasteiger charge is 2.21. The monoisotopic (exact) mass is 780 g/mol. The fraction of sp³-hybridized carbons (Fsp3) is 0.103. The highest BCUT2D eigenvalue weighted by molar-refractivity contribution is 7.91. The van der Waals surface area contributed by atoms with Gasteiger partial charge in [0.1, 0.15) is 22.0 Å². The van der Waals surface area contributed by atoms with Crippen molar-refractivity contribution in [1.29, 1.82) is 0 Å². The van der Waals surface area contributed by atoms with Crippen molar-refractivity contribution in [3.63, 3.8) is 0 Å². The summed E-state index contributed by atoms with van der Waals surface area (Å²) in [6.45, 7) is -0.868. The molecule has 0 aromatic heterocycles. The Hall–Kier alpha value is -4.94. The molecule has 0 atom stereocenters. The van der Waals surface area contributed by atoms with E-state index in [1.165, 1.54) is 61.7 Å². The van der Waals surface area contributed by atoms with Gasteiger partial charge < -0.3 is 9.84 Å². The number of methoxy groups -OCH3 is 1. The van der Waals surface area contributed by atoms with Crippen LogP contribution in [0.2, 0.25) is 0 Å². The zero-order valence-electron chi connectivity index (χ0n) is 25.7. The predicted molar refractivity (Wildman–Crippen MR) is 180 cm³/mol. The minimum absolute atomic E-state index is 0.0142. The number of hydrogen-bond acceptors (Lipinski definition) is 15. The Morgan fingerprint density at radius 2 is 1.18 bits per heavy atom. The molecule has 5 aromatic carbocycles. The second kappa shape index (κ2) is 14.0. The SMILES string of the molecule is COc1ccc(S(=O)(=O)CCOS(=O)(=O)O)cc1N=Nc1ccc(N=Nc2cc(S(=O)(=O)O)c3ccccc3c2O)c2cc(S(=O)(=O)O)ccc12. The Bertz CT molecular complexity index is 2720. The smallest absolute Gasteiger partial charge is 0.397 e. The molecule has 0 heterocycles. The molecule has 0 fully saturated rings. The third kappa shape index (κ3) is 8.51. The first-order chi connectivity index (χ1) is 23.8. The molecular weight excluding hydrogens is 757 g/mol. The van der Waals surface area contributed by atoms with Crippen LogP contribution in [0.5, 0.6) is 11.5 Å². The van der Waals surface area contributed by atoms with Crippen LogP contribution in [0, 0.1) is 0 Å². The first kappa shape index (κ1) is 37.3. The van der Waals surface area contributed by atoms with Crippen LogP contribution in [-0.4, -0.2) is 71.9 Å². The van der Waals surface area contributed by atoms with Crippen LogP contribution in [-0.2, 0) is 44.7 Å². The number of azo groups is 2. The fourth-order valence-electron chi connectivity index (χ4n) is 4.76. The lowest BCUT2D eigenvalue weighted by Crippen LogP contribution is -2.15. The van der Waals surface area contributed by atoms with Crippen molar-refractivity contribution >= 4 is 84.8 Å². The third-order valence-electron chi connectivity index (χ3n) is 7.10. The first-order valence-corrected chi connectivity index (χ1v) is 19.8. The average Bonchev–Trinajstić information content (AvgIpc) is 3.05. The van der Waals surface area contributed by atoms with Gasteiger partial charge in [-0.1, -0.05) is 30.3 Å². The molecule has 5 aromatic rings. The molecule has 4 N–H and O–H groups in total. The lowest BCUT2D eigenvalue weighted by molar-refractivity contribution is 0.284. The Morgan fingerprint density at radius 1 is 0.588 bits per heavy atom. The number of sulfone groups is 1. The second-order valence-corrected chi connectivity index (χ2v) is 16.4. The number of fused-ring (bicyclic) bond motifs is 2. The normalized spacial score (nSPS) is 13.1. The molecule has 0 aliphatic heterocycles. The van der Waals surface area contributed by atoms with Crippen molar-refractivity contribution in [3.8, 4) is 11.5 Å². The van der Waals surface area contributed by atoms with E-state index in [1.54, 1.807) is 0 Å². The number of benzene rings is 5. The van der Waals surface area contributed by atoms with E-state index in [4.69, 9.17) is 9.29 Å². The molecule has 0 saturated heterocycles. The van der Waals surface area contributed by atoms with Crippen LogP contribution >= 0.6 is 0 Å². The van der Waals surface area contributed by atoms with Gasteiger partial charge in [-0.15, -0.1) is 20.5 Å². The molecule has 0 aliphatic rings. The van der Waals surface area contributed by atoms with E-state index in [2.05, 4.69) is 24.6 Å². The number of hydrogen-bond donors (Lipinski definition) is 4. The van der Waals surface area contributed by atoms with Crippen molar-refractivity contribution < 1.29 is 61.4 Å². The number of rotatable bonds is 12. The maximum absolute atomic E-state index is 12.8. The summed E-state index contributed by atoms with van der Waals surface area (Å²) in [5.41, 5.74) is -0.434. The van der Waals surface area contributed by atoms with Crippen LogP contribution in [0.25, 0.3) is 21.5 Å². The quantitative estimate of drug-likeness (QED) is 0.0882. The number of phenols is 1. The topological polar surface area (TPSA) is 285 Å². The van der Waals surface area contributed by atoms with Crippen molar-refractivity contribution in [2.75, 3.05) is 19.5 Å². The van der Waals surface area contributed by atoms with Gasteiger partial charge in [-0.3, -0.25) is 13.7 Å². The van der Waals surface area contributed by atoms with Gasteiger partial charge in [-0.05, 0) is 48.5 Å². The average molecular weight is 781 g/mol. The molecule has 0 unspecified atom stereocenters. The lowest BCUT2D eigenvalue weighted by Gasteiger charge is -2.10. The van der Waals surface area contributed by atoms with Crippen molar-refractivity contribution in [3.05, 3.63) is 78.9 Å². The zero-order valence-corrected chi connectivity index (χ0v) is 29.0. The summed E-state index contributed by atoms with van der Waals surface area (Å²) >= 11 is 0. The van der Waals surface area contributed by atoms with Gasteiger partial charge in [0.25, 0.3) is 20.2 Å². The summed E-state index contributed by atoms with van der Waals surface area (Å²) in [5.74, 6) is -1.21. The molecule has 51 heavy (non-hydrogen) atoms. The molecule has 0 spiro atoms. The van der Waals surface area contributed by atoms with Gasteiger partial charge in [0, 0.05) is 21.5 Å². The van der Waals surface area contributed by atoms with Gasteiger partial charge in [0.05, 0.1) is 40.6 Å². The van der Waals surface area contributed by atoms with Crippen LogP contribution in [0.4, 0.5) is 22.7 Å². The van der Waals surface area contributed by atoms with Crippen LogP contribution < -0.4 is 4.74 Å². The Labute approximate surface area is 290 Å². The molecule has 0 aliphatic carbocycles. The van der Waals surface area contributed by atoms with Crippen molar-refractivity contribution in [1.82, 2.24) is 0 Å². The summed E-state index contributed by atoms with van der Waals surface area (Å²) in [7, 11) is -17.3. The minimum atomic E-state index is -4.87. The minimum Gasteiger partial charge on any atom is -0.505 e.